The van der Waals surface area contributed by atoms with Gasteiger partial charge in [-0.05, 0) is 37.5 Å². The fraction of sp³-hybridized carbons (Fsp3) is 0.333. The third-order valence-electron chi connectivity index (χ3n) is 3.44. The molecule has 0 spiro atoms. The number of hydrogen-bond acceptors (Lipinski definition) is 2. The highest BCUT2D eigenvalue weighted by atomic mass is 35.5. The Morgan fingerprint density at radius 3 is 2.62 bits per heavy atom. The average Bonchev–Trinajstić information content (AvgIpc) is 2.64. The van der Waals surface area contributed by atoms with Crippen molar-refractivity contribution in [2.45, 2.75) is 19.8 Å². The summed E-state index contributed by atoms with van der Waals surface area (Å²) in [4.78, 5) is 11.5. The van der Waals surface area contributed by atoms with Gasteiger partial charge in [-0.1, -0.05) is 35.3 Å². The summed E-state index contributed by atoms with van der Waals surface area (Å²) in [5.41, 5.74) is 2.45. The van der Waals surface area contributed by atoms with Gasteiger partial charge in [0.1, 0.15) is 5.15 Å². The Balaban J connectivity index is 2.22. The van der Waals surface area contributed by atoms with Gasteiger partial charge in [-0.2, -0.15) is 5.10 Å². The molecular formula is C15H16Cl2N2O2. The van der Waals surface area contributed by atoms with Crippen molar-refractivity contribution in [2.75, 3.05) is 0 Å². The van der Waals surface area contributed by atoms with Crippen LogP contribution in [0.15, 0.2) is 24.3 Å². The van der Waals surface area contributed by atoms with Crippen LogP contribution in [0.25, 0.3) is 0 Å². The van der Waals surface area contributed by atoms with Crippen molar-refractivity contribution >= 4 is 29.2 Å². The number of nitrogens with zero attached hydrogens (tertiary/aromatic N) is 2. The van der Waals surface area contributed by atoms with Gasteiger partial charge < -0.3 is 5.11 Å². The van der Waals surface area contributed by atoms with E-state index in [1.165, 1.54) is 0 Å². The summed E-state index contributed by atoms with van der Waals surface area (Å²) in [5.74, 6) is -1.42. The molecule has 1 aromatic carbocycles. The lowest BCUT2D eigenvalue weighted by Gasteiger charge is -2.12. The number of carboxylic acid groups (broad SMARTS) is 1. The van der Waals surface area contributed by atoms with Gasteiger partial charge in [0.2, 0.25) is 0 Å². The molecule has 0 fully saturated rings. The van der Waals surface area contributed by atoms with Gasteiger partial charge in [-0.25, -0.2) is 0 Å². The zero-order valence-electron chi connectivity index (χ0n) is 11.8. The first kappa shape index (κ1) is 15.9. The Bertz CT molecular complexity index is 668. The van der Waals surface area contributed by atoms with Crippen LogP contribution < -0.4 is 0 Å². The van der Waals surface area contributed by atoms with Crippen molar-refractivity contribution in [2.24, 2.45) is 13.0 Å². The number of hydrogen-bond donors (Lipinski definition) is 1. The van der Waals surface area contributed by atoms with Gasteiger partial charge >= 0.3 is 5.97 Å². The van der Waals surface area contributed by atoms with E-state index in [1.54, 1.807) is 23.9 Å². The van der Waals surface area contributed by atoms with Crippen molar-refractivity contribution in [3.8, 4) is 0 Å². The predicted molar refractivity (Wildman–Crippen MR) is 82.9 cm³/mol. The summed E-state index contributed by atoms with van der Waals surface area (Å²) >= 11 is 12.1. The average molecular weight is 327 g/mol. The molecule has 112 valence electrons. The lowest BCUT2D eigenvalue weighted by atomic mass is 9.93. The highest BCUT2D eigenvalue weighted by Gasteiger charge is 2.23. The second kappa shape index (κ2) is 6.50. The van der Waals surface area contributed by atoms with Gasteiger partial charge in [0, 0.05) is 17.6 Å². The molecule has 0 radical (unpaired) electrons. The van der Waals surface area contributed by atoms with Gasteiger partial charge in [-0.15, -0.1) is 0 Å². The molecule has 0 amide bonds. The van der Waals surface area contributed by atoms with Crippen LogP contribution in [0.5, 0.6) is 0 Å². The van der Waals surface area contributed by atoms with E-state index in [0.717, 1.165) is 16.8 Å². The van der Waals surface area contributed by atoms with E-state index in [-0.39, 0.29) is 0 Å². The van der Waals surface area contributed by atoms with Crippen LogP contribution in [-0.2, 0) is 24.7 Å². The standard InChI is InChI=1S/C15H16Cl2N2O2/c1-9-13(14(17)19(2)18-9)8-11(15(20)21)6-10-4-3-5-12(16)7-10/h3-5,7,11H,6,8H2,1-2H3,(H,20,21). The molecule has 4 nitrogen and oxygen atoms in total. The van der Waals surface area contributed by atoms with E-state index >= 15 is 0 Å². The maximum absolute atomic E-state index is 11.5. The van der Waals surface area contributed by atoms with Gasteiger partial charge in [0.15, 0.2) is 0 Å². The number of aryl methyl sites for hydroxylation is 2. The minimum atomic E-state index is -0.853. The molecule has 1 N–H and O–H groups in total. The van der Waals surface area contributed by atoms with Gasteiger partial charge in [-0.3, -0.25) is 9.48 Å². The van der Waals surface area contributed by atoms with E-state index in [2.05, 4.69) is 5.10 Å². The van der Waals surface area contributed by atoms with Crippen LogP contribution in [0.2, 0.25) is 10.2 Å². The maximum Gasteiger partial charge on any atom is 0.307 e. The molecule has 2 aromatic rings. The Kier molecular flexibility index (Phi) is 4.91. The number of rotatable bonds is 5. The highest BCUT2D eigenvalue weighted by Crippen LogP contribution is 2.24. The molecule has 2 rings (SSSR count). The molecular weight excluding hydrogens is 311 g/mol. The first-order valence-electron chi connectivity index (χ1n) is 6.53. The van der Waals surface area contributed by atoms with E-state index in [9.17, 15) is 9.90 Å². The van der Waals surface area contributed by atoms with E-state index in [0.29, 0.717) is 23.0 Å². The Hall–Kier alpha value is -1.52. The van der Waals surface area contributed by atoms with Crippen molar-refractivity contribution in [3.05, 3.63) is 51.3 Å². The van der Waals surface area contributed by atoms with Crippen molar-refractivity contribution in [3.63, 3.8) is 0 Å². The quantitative estimate of drug-likeness (QED) is 0.914. The molecule has 0 saturated carbocycles. The summed E-state index contributed by atoms with van der Waals surface area (Å²) in [6.07, 6.45) is 0.751. The number of aliphatic carboxylic acids is 1. The zero-order valence-corrected chi connectivity index (χ0v) is 13.3. The molecule has 0 saturated heterocycles. The summed E-state index contributed by atoms with van der Waals surface area (Å²) < 4.78 is 1.56. The lowest BCUT2D eigenvalue weighted by molar-refractivity contribution is -0.141. The van der Waals surface area contributed by atoms with E-state index in [1.807, 2.05) is 19.1 Å². The summed E-state index contributed by atoms with van der Waals surface area (Å²) in [6, 6.07) is 7.25. The van der Waals surface area contributed by atoms with Gasteiger partial charge in [0.25, 0.3) is 0 Å². The molecule has 0 aliphatic rings. The minimum absolute atomic E-state index is 0.348. The molecule has 1 aromatic heterocycles. The highest BCUT2D eigenvalue weighted by molar-refractivity contribution is 6.30. The first-order valence-corrected chi connectivity index (χ1v) is 7.29. The number of halogens is 2. The van der Waals surface area contributed by atoms with Crippen LogP contribution in [0.1, 0.15) is 16.8 Å². The summed E-state index contributed by atoms with van der Waals surface area (Å²) in [6.45, 7) is 1.83. The van der Waals surface area contributed by atoms with Crippen molar-refractivity contribution in [1.29, 1.82) is 0 Å². The molecule has 21 heavy (non-hydrogen) atoms. The number of carbonyl (C=O) groups is 1. The van der Waals surface area contributed by atoms with E-state index < -0.39 is 11.9 Å². The van der Waals surface area contributed by atoms with Crippen LogP contribution in [0.3, 0.4) is 0 Å². The minimum Gasteiger partial charge on any atom is -0.481 e. The lowest BCUT2D eigenvalue weighted by Crippen LogP contribution is -2.19. The summed E-state index contributed by atoms with van der Waals surface area (Å²) in [7, 11) is 1.74. The SMILES string of the molecule is Cc1nn(C)c(Cl)c1CC(Cc1cccc(Cl)c1)C(=O)O. The monoisotopic (exact) mass is 326 g/mol. The molecule has 0 aliphatic carbocycles. The Morgan fingerprint density at radius 1 is 1.38 bits per heavy atom. The molecule has 1 unspecified atom stereocenters. The molecule has 1 atom stereocenters. The Morgan fingerprint density at radius 2 is 2.10 bits per heavy atom. The second-order valence-corrected chi connectivity index (χ2v) is 5.85. The van der Waals surface area contributed by atoms with Crippen LogP contribution >= 0.6 is 23.2 Å². The third kappa shape index (κ3) is 3.77. The first-order chi connectivity index (χ1) is 9.88. The predicted octanol–water partition coefficient (Wildman–Crippen LogP) is 3.52. The van der Waals surface area contributed by atoms with Crippen molar-refractivity contribution < 1.29 is 9.90 Å². The number of carboxylic acids is 1. The second-order valence-electron chi connectivity index (χ2n) is 5.05. The fourth-order valence-electron chi connectivity index (χ4n) is 2.35. The van der Waals surface area contributed by atoms with Crippen molar-refractivity contribution in [1.82, 2.24) is 9.78 Å². The zero-order chi connectivity index (χ0) is 15.6. The topological polar surface area (TPSA) is 55.1 Å². The summed E-state index contributed by atoms with van der Waals surface area (Å²) in [5, 5.41) is 14.8. The molecule has 1 heterocycles. The van der Waals surface area contributed by atoms with Crippen LogP contribution in [-0.4, -0.2) is 20.9 Å². The maximum atomic E-state index is 11.5. The smallest absolute Gasteiger partial charge is 0.307 e. The van der Waals surface area contributed by atoms with Crippen LogP contribution in [0.4, 0.5) is 0 Å². The molecule has 0 bridgehead atoms. The normalized spacial score (nSPS) is 12.4. The largest absolute Gasteiger partial charge is 0.481 e. The third-order valence-corrected chi connectivity index (χ3v) is 4.15. The fourth-order valence-corrected chi connectivity index (χ4v) is 2.81. The number of aromatic nitrogens is 2. The number of benzene rings is 1. The Labute approximate surface area is 133 Å². The van der Waals surface area contributed by atoms with Gasteiger partial charge in [0.05, 0.1) is 11.6 Å². The van der Waals surface area contributed by atoms with E-state index in [4.69, 9.17) is 23.2 Å². The molecule has 6 heteroatoms. The van der Waals surface area contributed by atoms with Crippen LogP contribution in [0, 0.1) is 12.8 Å². The molecule has 0 aliphatic heterocycles.